The van der Waals surface area contributed by atoms with E-state index < -0.39 is 66.7 Å². The highest BCUT2D eigenvalue weighted by Crippen LogP contribution is 2.19. The van der Waals surface area contributed by atoms with E-state index in [2.05, 4.69) is 26.3 Å². The fourth-order valence-electron chi connectivity index (χ4n) is 7.78. The molecule has 26 heteroatoms. The van der Waals surface area contributed by atoms with Crippen molar-refractivity contribution in [1.29, 1.82) is 0 Å². The molecule has 25 nitrogen and oxygen atoms in total. The number of carbonyl (C=O) groups is 8. The number of amides is 5. The molecule has 0 unspecified atom stereocenters. The number of carbonyl (C=O) groups excluding carboxylic acids is 5. The predicted molar refractivity (Wildman–Crippen MR) is 248 cm³/mol. The van der Waals surface area contributed by atoms with Crippen molar-refractivity contribution in [3.63, 3.8) is 0 Å². The molecule has 3 atom stereocenters. The molecular formula is C42H69BN12O13. The third-order valence-corrected chi connectivity index (χ3v) is 11.5. The summed E-state index contributed by atoms with van der Waals surface area (Å²) in [4.78, 5) is 112. The molecule has 5 amide bonds. The van der Waals surface area contributed by atoms with Gasteiger partial charge >= 0.3 is 25.0 Å². The first-order valence-electron chi connectivity index (χ1n) is 22.8. The number of nitrogens with zero attached hydrogens (tertiary/aromatic N) is 6. The van der Waals surface area contributed by atoms with E-state index >= 15 is 0 Å². The number of nitrogens with two attached hydrogens (primary N) is 2. The quantitative estimate of drug-likeness (QED) is 0.0191. The van der Waals surface area contributed by atoms with Crippen LogP contribution in [-0.4, -0.2) is 227 Å². The number of guanidine groups is 1. The van der Waals surface area contributed by atoms with Crippen molar-refractivity contribution in [2.45, 2.75) is 76.4 Å². The van der Waals surface area contributed by atoms with Gasteiger partial charge in [-0.3, -0.25) is 62.9 Å². The highest BCUT2D eigenvalue weighted by atomic mass is 16.4. The van der Waals surface area contributed by atoms with E-state index in [-0.39, 0.29) is 123 Å². The molecule has 0 radical (unpaired) electrons. The molecule has 1 aromatic carbocycles. The average Bonchev–Trinajstić information content (AvgIpc) is 3.77. The highest BCUT2D eigenvalue weighted by molar-refractivity contribution is 6.43. The standard InChI is InChI=1S/C42H69BN12O13/c1-29(41(66)55-15-5-7-33(55)43(67)68)49-39(64)31-11-9-30(10-12-31)24-48-34(56)8-2-3-13-46-40(65)32(6-4-14-47-42(44)45)50-35(57)25-51-16-18-52(26-36(58)59)20-22-54(28-38(62)63)23-21-53(19-17-51)27-37(60)61/h9-12,29,32-33,67-68H,2-8,13-28H2,1H3,(H,46,65)(H,48,56)(H,49,64)(H,50,57)(H,58,59)(H,60,61)(H,62,63)(H4,44,45,47)/t29-,32+,33+/m1/s1. The predicted octanol–water partition coefficient (Wildman–Crippen LogP) is -4.28. The summed E-state index contributed by atoms with van der Waals surface area (Å²) in [5.74, 6) is -6.17. The molecule has 2 fully saturated rings. The minimum atomic E-state index is -1.66. The number of carboxylic acid groups (broad SMARTS) is 3. The van der Waals surface area contributed by atoms with Crippen LogP contribution in [0.2, 0.25) is 0 Å². The molecule has 2 aliphatic rings. The van der Waals surface area contributed by atoms with E-state index in [4.69, 9.17) is 11.5 Å². The van der Waals surface area contributed by atoms with Gasteiger partial charge in [0.25, 0.3) is 5.91 Å². The van der Waals surface area contributed by atoms with Crippen LogP contribution in [0.1, 0.15) is 67.8 Å². The molecule has 2 heterocycles. The summed E-state index contributed by atoms with van der Waals surface area (Å²) >= 11 is 0. The number of hydrogen-bond acceptors (Lipinski definition) is 15. The van der Waals surface area contributed by atoms with Crippen LogP contribution in [0.25, 0.3) is 0 Å². The summed E-state index contributed by atoms with van der Waals surface area (Å²) in [5.41, 5.74) is 11.9. The van der Waals surface area contributed by atoms with Gasteiger partial charge in [0.05, 0.1) is 32.1 Å². The number of aliphatic carboxylic acids is 3. The van der Waals surface area contributed by atoms with E-state index in [1.54, 1.807) is 43.9 Å². The fourth-order valence-corrected chi connectivity index (χ4v) is 7.78. The van der Waals surface area contributed by atoms with Crippen molar-refractivity contribution >= 4 is 60.5 Å². The fraction of sp³-hybridized carbons (Fsp3) is 0.643. The Morgan fingerprint density at radius 3 is 1.74 bits per heavy atom. The topological polar surface area (TPSA) is 366 Å². The molecule has 13 N–H and O–H groups in total. The van der Waals surface area contributed by atoms with Gasteiger partial charge in [-0.05, 0) is 63.1 Å². The minimum Gasteiger partial charge on any atom is -0.480 e. The average molecular weight is 961 g/mol. The van der Waals surface area contributed by atoms with E-state index in [1.807, 2.05) is 0 Å². The van der Waals surface area contributed by atoms with Gasteiger partial charge in [-0.1, -0.05) is 12.1 Å². The molecule has 0 saturated carbocycles. The monoisotopic (exact) mass is 961 g/mol. The lowest BCUT2D eigenvalue weighted by atomic mass is 9.78. The second-order valence-corrected chi connectivity index (χ2v) is 16.9. The second-order valence-electron chi connectivity index (χ2n) is 16.9. The maximum atomic E-state index is 13.5. The van der Waals surface area contributed by atoms with Crippen molar-refractivity contribution in [1.82, 2.24) is 45.8 Å². The number of nitrogens with one attached hydrogen (secondary N) is 4. The molecule has 378 valence electrons. The number of benzene rings is 1. The van der Waals surface area contributed by atoms with Gasteiger partial charge < -0.3 is 63.0 Å². The number of rotatable bonds is 25. The maximum Gasteiger partial charge on any atom is 0.475 e. The lowest BCUT2D eigenvalue weighted by Crippen LogP contribution is -2.52. The van der Waals surface area contributed by atoms with Crippen LogP contribution >= 0.6 is 0 Å². The molecule has 1 aromatic rings. The van der Waals surface area contributed by atoms with Crippen LogP contribution in [0, 0.1) is 0 Å². The van der Waals surface area contributed by atoms with E-state index in [0.717, 1.165) is 5.56 Å². The number of carboxylic acids is 3. The first kappa shape index (κ1) is 56.4. The van der Waals surface area contributed by atoms with Gasteiger partial charge in [0, 0.05) is 90.5 Å². The molecule has 0 aromatic heterocycles. The number of hydrogen-bond donors (Lipinski definition) is 11. The van der Waals surface area contributed by atoms with Crippen LogP contribution in [-0.2, 0) is 40.1 Å². The zero-order valence-corrected chi connectivity index (χ0v) is 38.7. The molecular weight excluding hydrogens is 891 g/mol. The number of unbranched alkanes of at least 4 members (excludes halogenated alkanes) is 1. The Labute approximate surface area is 395 Å². The van der Waals surface area contributed by atoms with Crippen LogP contribution in [0.4, 0.5) is 0 Å². The third-order valence-electron chi connectivity index (χ3n) is 11.5. The van der Waals surface area contributed by atoms with Crippen LogP contribution in [0.3, 0.4) is 0 Å². The van der Waals surface area contributed by atoms with Crippen LogP contribution < -0.4 is 32.7 Å². The van der Waals surface area contributed by atoms with Crippen molar-refractivity contribution < 1.29 is 63.7 Å². The Bertz CT molecular complexity index is 1840. The first-order valence-corrected chi connectivity index (χ1v) is 22.8. The molecule has 2 aliphatic heterocycles. The molecule has 0 bridgehead atoms. The van der Waals surface area contributed by atoms with Gasteiger partial charge in [0.2, 0.25) is 23.6 Å². The van der Waals surface area contributed by atoms with Crippen LogP contribution in [0.5, 0.6) is 0 Å². The SMILES string of the molecule is C[C@@H](NC(=O)c1ccc(CNC(=O)CCCCNC(=O)[C@H](CCCN=C(N)N)NC(=O)CN2CCN(CC(=O)O)CCN(CC(=O)O)CCN(CC(=O)O)CC2)cc1)C(=O)N1CCC[C@H]1B(O)O. The minimum absolute atomic E-state index is 0.129. The lowest BCUT2D eigenvalue weighted by Gasteiger charge is -2.33. The molecule has 0 spiro atoms. The van der Waals surface area contributed by atoms with Crippen molar-refractivity contribution in [2.24, 2.45) is 16.5 Å². The van der Waals surface area contributed by atoms with Crippen LogP contribution in [0.15, 0.2) is 29.3 Å². The van der Waals surface area contributed by atoms with Gasteiger partial charge in [-0.25, -0.2) is 0 Å². The zero-order chi connectivity index (χ0) is 50.2. The summed E-state index contributed by atoms with van der Waals surface area (Å²) in [7, 11) is -1.66. The summed E-state index contributed by atoms with van der Waals surface area (Å²) in [6.45, 7) is 3.09. The third kappa shape index (κ3) is 21.8. The Hall–Kier alpha value is -5.93. The normalized spacial score (nSPS) is 17.6. The van der Waals surface area contributed by atoms with Crippen molar-refractivity contribution in [3.05, 3.63) is 35.4 Å². The maximum absolute atomic E-state index is 13.5. The number of aliphatic imine (C=N–C) groups is 1. The van der Waals surface area contributed by atoms with Gasteiger partial charge in [0.15, 0.2) is 5.96 Å². The summed E-state index contributed by atoms with van der Waals surface area (Å²) in [6.07, 6.45) is 2.67. The molecule has 2 saturated heterocycles. The molecule has 0 aliphatic carbocycles. The van der Waals surface area contributed by atoms with Crippen molar-refractivity contribution in [2.75, 3.05) is 98.2 Å². The summed E-state index contributed by atoms with van der Waals surface area (Å²) in [6, 6.07) is 4.62. The zero-order valence-electron chi connectivity index (χ0n) is 38.7. The highest BCUT2D eigenvalue weighted by Gasteiger charge is 2.38. The smallest absolute Gasteiger partial charge is 0.475 e. The lowest BCUT2D eigenvalue weighted by molar-refractivity contribution is -0.140. The molecule has 68 heavy (non-hydrogen) atoms. The van der Waals surface area contributed by atoms with Gasteiger partial charge in [-0.15, -0.1) is 0 Å². The Kier molecular flexibility index (Phi) is 24.7. The van der Waals surface area contributed by atoms with E-state index in [9.17, 15) is 63.7 Å². The Balaban J connectivity index is 1.50. The van der Waals surface area contributed by atoms with E-state index in [0.29, 0.717) is 44.2 Å². The Morgan fingerprint density at radius 1 is 0.706 bits per heavy atom. The second kappa shape index (κ2) is 29.8. The first-order chi connectivity index (χ1) is 32.3. The van der Waals surface area contributed by atoms with E-state index in [1.165, 1.54) is 11.8 Å². The summed E-state index contributed by atoms with van der Waals surface area (Å²) in [5, 5.41) is 58.7. The van der Waals surface area contributed by atoms with Crippen molar-refractivity contribution in [3.8, 4) is 0 Å². The van der Waals surface area contributed by atoms with Gasteiger partial charge in [0.1, 0.15) is 12.1 Å². The summed E-state index contributed by atoms with van der Waals surface area (Å²) < 4.78 is 0. The molecule has 3 rings (SSSR count). The Morgan fingerprint density at radius 2 is 1.24 bits per heavy atom. The number of likely N-dealkylation sites (tertiary alicyclic amines) is 1. The largest absolute Gasteiger partial charge is 0.480 e. The van der Waals surface area contributed by atoms with Gasteiger partial charge in [-0.2, -0.15) is 0 Å².